The van der Waals surface area contributed by atoms with E-state index in [0.717, 1.165) is 12.1 Å². The summed E-state index contributed by atoms with van der Waals surface area (Å²) < 4.78 is 0. The van der Waals surface area contributed by atoms with E-state index < -0.39 is 0 Å². The van der Waals surface area contributed by atoms with Crippen LogP contribution >= 0.6 is 23.2 Å². The highest BCUT2D eigenvalue weighted by molar-refractivity contribution is 6.42. The molecule has 3 rings (SSSR count). The Balaban J connectivity index is 1.81. The molecule has 1 aromatic rings. The lowest BCUT2D eigenvalue weighted by atomic mass is 9.82. The monoisotopic (exact) mass is 312 g/mol. The Morgan fingerprint density at radius 3 is 2.35 bits per heavy atom. The van der Waals surface area contributed by atoms with Crippen molar-refractivity contribution in [3.8, 4) is 0 Å². The van der Waals surface area contributed by atoms with Gasteiger partial charge < -0.3 is 10.2 Å². The van der Waals surface area contributed by atoms with Gasteiger partial charge in [0.25, 0.3) is 0 Å². The zero-order valence-electron chi connectivity index (χ0n) is 12.1. The Bertz CT molecular complexity index is 477. The number of nitrogens with one attached hydrogen (secondary N) is 1. The fourth-order valence-electron chi connectivity index (χ4n) is 4.11. The van der Waals surface area contributed by atoms with Crippen LogP contribution in [0.1, 0.15) is 37.3 Å². The number of halogens is 2. The summed E-state index contributed by atoms with van der Waals surface area (Å²) in [5.74, 6) is 0.686. The van der Waals surface area contributed by atoms with Gasteiger partial charge in [-0.25, -0.2) is 0 Å². The predicted molar refractivity (Wildman–Crippen MR) is 85.6 cm³/mol. The molecule has 0 amide bonds. The van der Waals surface area contributed by atoms with Crippen molar-refractivity contribution in [2.75, 3.05) is 14.1 Å². The van der Waals surface area contributed by atoms with Crippen LogP contribution in [0.2, 0.25) is 10.0 Å². The smallest absolute Gasteiger partial charge is 0.0595 e. The molecule has 1 aromatic carbocycles. The molecule has 0 aromatic heterocycles. The Morgan fingerprint density at radius 2 is 1.80 bits per heavy atom. The number of fused-ring (bicyclic) bond motifs is 2. The van der Waals surface area contributed by atoms with Crippen LogP contribution in [0.25, 0.3) is 0 Å². The van der Waals surface area contributed by atoms with Crippen molar-refractivity contribution >= 4 is 23.2 Å². The van der Waals surface area contributed by atoms with Gasteiger partial charge in [-0.3, -0.25) is 0 Å². The van der Waals surface area contributed by atoms with Crippen LogP contribution in [0.3, 0.4) is 0 Å². The number of rotatable bonds is 3. The molecule has 2 saturated heterocycles. The van der Waals surface area contributed by atoms with Crippen LogP contribution < -0.4 is 5.32 Å². The van der Waals surface area contributed by atoms with Gasteiger partial charge in [-0.1, -0.05) is 29.3 Å². The minimum Gasteiger partial charge on any atom is -0.313 e. The number of benzene rings is 1. The third kappa shape index (κ3) is 2.59. The lowest BCUT2D eigenvalue weighted by Gasteiger charge is -2.40. The molecule has 2 nitrogen and oxygen atoms in total. The van der Waals surface area contributed by atoms with Crippen molar-refractivity contribution in [1.29, 1.82) is 0 Å². The van der Waals surface area contributed by atoms with E-state index >= 15 is 0 Å². The first-order valence-electron chi connectivity index (χ1n) is 7.44. The van der Waals surface area contributed by atoms with Crippen LogP contribution in [-0.4, -0.2) is 31.1 Å². The molecule has 2 bridgehead atoms. The highest BCUT2D eigenvalue weighted by Gasteiger charge is 2.40. The predicted octanol–water partition coefficient (Wildman–Crippen LogP) is 4.13. The first-order valence-corrected chi connectivity index (χ1v) is 8.20. The Hall–Kier alpha value is -0.280. The summed E-state index contributed by atoms with van der Waals surface area (Å²) in [4.78, 5) is 2.58. The molecule has 2 fully saturated rings. The molecule has 2 aliphatic heterocycles. The summed E-state index contributed by atoms with van der Waals surface area (Å²) in [6, 6.07) is 7.94. The van der Waals surface area contributed by atoms with Crippen molar-refractivity contribution in [2.45, 2.75) is 43.8 Å². The fourth-order valence-corrected chi connectivity index (χ4v) is 4.41. The molecular formula is C16H22Cl2N2. The normalized spacial score (nSPS) is 31.5. The molecule has 0 radical (unpaired) electrons. The van der Waals surface area contributed by atoms with Crippen molar-refractivity contribution in [3.05, 3.63) is 33.8 Å². The average molecular weight is 313 g/mol. The van der Waals surface area contributed by atoms with E-state index in [4.69, 9.17) is 23.2 Å². The van der Waals surface area contributed by atoms with Gasteiger partial charge in [0.15, 0.2) is 0 Å². The number of nitrogens with zero attached hydrogens (tertiary/aromatic N) is 1. The van der Waals surface area contributed by atoms with Crippen molar-refractivity contribution in [2.24, 2.45) is 5.92 Å². The van der Waals surface area contributed by atoms with Crippen molar-refractivity contribution in [3.63, 3.8) is 0 Å². The van der Waals surface area contributed by atoms with E-state index in [2.05, 4.69) is 23.3 Å². The number of piperidine rings is 1. The second-order valence-corrected chi connectivity index (χ2v) is 7.04. The fraction of sp³-hybridized carbons (Fsp3) is 0.625. The molecule has 3 unspecified atom stereocenters. The van der Waals surface area contributed by atoms with Gasteiger partial charge >= 0.3 is 0 Å². The van der Waals surface area contributed by atoms with Crippen LogP contribution in [0.5, 0.6) is 0 Å². The minimum atomic E-state index is 0.376. The molecule has 1 N–H and O–H groups in total. The van der Waals surface area contributed by atoms with Crippen LogP contribution in [0.15, 0.2) is 18.2 Å². The Morgan fingerprint density at radius 1 is 1.15 bits per heavy atom. The number of hydrogen-bond acceptors (Lipinski definition) is 2. The maximum Gasteiger partial charge on any atom is 0.0595 e. The second kappa shape index (κ2) is 5.84. The molecule has 0 spiro atoms. The summed E-state index contributed by atoms with van der Waals surface area (Å²) in [6.07, 6.45) is 5.27. The first-order chi connectivity index (χ1) is 9.60. The molecular weight excluding hydrogens is 291 g/mol. The molecule has 0 saturated carbocycles. The molecule has 2 heterocycles. The van der Waals surface area contributed by atoms with Crippen LogP contribution in [-0.2, 0) is 0 Å². The highest BCUT2D eigenvalue weighted by atomic mass is 35.5. The van der Waals surface area contributed by atoms with Gasteiger partial charge in [0, 0.05) is 18.1 Å². The van der Waals surface area contributed by atoms with E-state index in [1.54, 1.807) is 0 Å². The topological polar surface area (TPSA) is 15.3 Å². The van der Waals surface area contributed by atoms with Gasteiger partial charge in [0.05, 0.1) is 10.0 Å². The number of hydrogen-bond donors (Lipinski definition) is 1. The maximum atomic E-state index is 6.18. The summed E-state index contributed by atoms with van der Waals surface area (Å²) in [5.41, 5.74) is 1.26. The summed E-state index contributed by atoms with van der Waals surface area (Å²) in [7, 11) is 4.33. The van der Waals surface area contributed by atoms with E-state index in [1.807, 2.05) is 19.2 Å². The third-order valence-electron chi connectivity index (χ3n) is 5.22. The van der Waals surface area contributed by atoms with E-state index in [-0.39, 0.29) is 0 Å². The van der Waals surface area contributed by atoms with E-state index in [9.17, 15) is 0 Å². The quantitative estimate of drug-likeness (QED) is 0.903. The lowest BCUT2D eigenvalue weighted by molar-refractivity contribution is 0.114. The summed E-state index contributed by atoms with van der Waals surface area (Å²) in [5, 5.41) is 4.78. The van der Waals surface area contributed by atoms with Gasteiger partial charge in [0.1, 0.15) is 0 Å². The molecule has 0 aliphatic carbocycles. The molecule has 3 atom stereocenters. The van der Waals surface area contributed by atoms with Crippen LogP contribution in [0.4, 0.5) is 0 Å². The van der Waals surface area contributed by atoms with Gasteiger partial charge in [-0.05, 0) is 63.4 Å². The summed E-state index contributed by atoms with van der Waals surface area (Å²) >= 11 is 12.2. The molecule has 4 heteroatoms. The average Bonchev–Trinajstić information content (AvgIpc) is 2.65. The third-order valence-corrected chi connectivity index (χ3v) is 5.96. The summed E-state index contributed by atoms with van der Waals surface area (Å²) in [6.45, 7) is 0. The molecule has 2 aliphatic rings. The van der Waals surface area contributed by atoms with Crippen molar-refractivity contribution in [1.82, 2.24) is 10.2 Å². The van der Waals surface area contributed by atoms with Crippen LogP contribution in [0, 0.1) is 5.92 Å². The van der Waals surface area contributed by atoms with Gasteiger partial charge in [-0.2, -0.15) is 0 Å². The molecule has 20 heavy (non-hydrogen) atoms. The minimum absolute atomic E-state index is 0.376. The lowest BCUT2D eigenvalue weighted by Crippen LogP contribution is -2.43. The zero-order chi connectivity index (χ0) is 14.3. The Labute approximate surface area is 131 Å². The van der Waals surface area contributed by atoms with E-state index in [1.165, 1.54) is 31.2 Å². The first kappa shape index (κ1) is 14.6. The SMILES string of the molecule is CNC(c1ccc(Cl)c(Cl)c1)C1CC2CCC(C1)N2C. The second-order valence-electron chi connectivity index (χ2n) is 6.22. The zero-order valence-corrected chi connectivity index (χ0v) is 13.6. The van der Waals surface area contributed by atoms with Gasteiger partial charge in [-0.15, -0.1) is 0 Å². The van der Waals surface area contributed by atoms with Crippen molar-refractivity contribution < 1.29 is 0 Å². The molecule has 110 valence electrons. The van der Waals surface area contributed by atoms with Gasteiger partial charge in [0.2, 0.25) is 0 Å². The Kier molecular flexibility index (Phi) is 4.28. The standard InChI is InChI=1S/C16H22Cl2N2/c1-19-16(10-3-6-14(17)15(18)9-10)11-7-12-4-5-13(8-11)20(12)2/h3,6,9,11-13,16,19H,4-5,7-8H2,1-2H3. The highest BCUT2D eigenvalue weighted by Crippen LogP contribution is 2.42. The largest absolute Gasteiger partial charge is 0.313 e. The van der Waals surface area contributed by atoms with E-state index in [0.29, 0.717) is 22.0 Å². The maximum absolute atomic E-state index is 6.18.